The Morgan fingerprint density at radius 3 is 2.88 bits per heavy atom. The minimum atomic E-state index is -0.356. The summed E-state index contributed by atoms with van der Waals surface area (Å²) in [6, 6.07) is 11.4. The first-order valence-corrected chi connectivity index (χ1v) is 8.33. The van der Waals surface area contributed by atoms with Gasteiger partial charge in [0.15, 0.2) is 0 Å². The molecular formula is C20H18N4O2. The third-order valence-corrected chi connectivity index (χ3v) is 4.54. The second kappa shape index (κ2) is 6.73. The average molecular weight is 346 g/mol. The molecule has 1 amide bonds. The third kappa shape index (κ3) is 2.91. The highest BCUT2D eigenvalue weighted by atomic mass is 16.5. The van der Waals surface area contributed by atoms with Gasteiger partial charge in [-0.3, -0.25) is 4.79 Å². The average Bonchev–Trinajstić information content (AvgIpc) is 3.25. The molecule has 2 heterocycles. The van der Waals surface area contributed by atoms with Crippen molar-refractivity contribution >= 4 is 17.3 Å². The lowest BCUT2D eigenvalue weighted by molar-refractivity contribution is 0.0988. The number of rotatable bonds is 3. The first kappa shape index (κ1) is 15.9. The standard InChI is InChI=1S/C20H16N4O2.H2/c21-12-16-15-4-2-1-3-5-17(15)24-19(16)13-6-8-14(9-7-13)23-20(25)18-10-11-22-26-18;/h1-4,6-11,15,17,24H,5H2,(H,23,25);1H. The highest BCUT2D eigenvalue weighted by Crippen LogP contribution is 2.35. The molecule has 2 atom stereocenters. The topological polar surface area (TPSA) is 91.0 Å². The Morgan fingerprint density at radius 1 is 1.31 bits per heavy atom. The van der Waals surface area contributed by atoms with Gasteiger partial charge >= 0.3 is 0 Å². The Morgan fingerprint density at radius 2 is 2.15 bits per heavy atom. The smallest absolute Gasteiger partial charge is 0.294 e. The Bertz CT molecular complexity index is 953. The molecule has 2 aromatic rings. The predicted octanol–water partition coefficient (Wildman–Crippen LogP) is 3.51. The molecule has 1 aliphatic heterocycles. The fraction of sp³-hybridized carbons (Fsp3) is 0.150. The summed E-state index contributed by atoms with van der Waals surface area (Å²) in [4.78, 5) is 12.0. The van der Waals surface area contributed by atoms with E-state index in [1.807, 2.05) is 24.3 Å². The number of hydrogen-bond donors (Lipinski definition) is 2. The largest absolute Gasteiger partial charge is 0.380 e. The van der Waals surface area contributed by atoms with E-state index in [0.717, 1.165) is 23.3 Å². The predicted molar refractivity (Wildman–Crippen MR) is 98.9 cm³/mol. The minimum absolute atomic E-state index is 0. The molecule has 2 unspecified atom stereocenters. The molecule has 2 aliphatic rings. The maximum atomic E-state index is 12.0. The van der Waals surface area contributed by atoms with Crippen molar-refractivity contribution in [2.24, 2.45) is 5.92 Å². The van der Waals surface area contributed by atoms with Gasteiger partial charge in [-0.25, -0.2) is 0 Å². The molecule has 2 N–H and O–H groups in total. The Kier molecular flexibility index (Phi) is 4.12. The SMILES string of the molecule is N#CC1=C(c2ccc(NC(=O)c3ccno3)cc2)NC2CC=CC=CC12.[HH]. The van der Waals surface area contributed by atoms with Gasteiger partial charge in [-0.05, 0) is 24.1 Å². The second-order valence-corrected chi connectivity index (χ2v) is 6.13. The van der Waals surface area contributed by atoms with E-state index in [2.05, 4.69) is 34.0 Å². The van der Waals surface area contributed by atoms with Gasteiger partial charge in [0.1, 0.15) is 0 Å². The van der Waals surface area contributed by atoms with Crippen molar-refractivity contribution in [1.82, 2.24) is 10.5 Å². The van der Waals surface area contributed by atoms with Crippen LogP contribution in [0.5, 0.6) is 0 Å². The number of amides is 1. The van der Waals surface area contributed by atoms with Gasteiger partial charge in [-0.2, -0.15) is 5.26 Å². The summed E-state index contributed by atoms with van der Waals surface area (Å²) in [6.07, 6.45) is 10.5. The van der Waals surface area contributed by atoms with E-state index in [4.69, 9.17) is 4.52 Å². The number of benzene rings is 1. The van der Waals surface area contributed by atoms with Gasteiger partial charge in [0.25, 0.3) is 5.91 Å². The number of carbonyl (C=O) groups excluding carboxylic acids is 1. The van der Waals surface area contributed by atoms with Crippen molar-refractivity contribution in [2.75, 3.05) is 5.32 Å². The van der Waals surface area contributed by atoms with E-state index in [1.165, 1.54) is 12.3 Å². The second-order valence-electron chi connectivity index (χ2n) is 6.13. The van der Waals surface area contributed by atoms with Crippen LogP contribution in [0.2, 0.25) is 0 Å². The Balaban J connectivity index is 0.00000210. The van der Waals surface area contributed by atoms with Crippen molar-refractivity contribution in [3.8, 4) is 6.07 Å². The molecule has 1 aromatic carbocycles. The fourth-order valence-electron chi connectivity index (χ4n) is 3.26. The van der Waals surface area contributed by atoms with Crippen molar-refractivity contribution in [1.29, 1.82) is 5.26 Å². The maximum absolute atomic E-state index is 12.0. The van der Waals surface area contributed by atoms with E-state index >= 15 is 0 Å². The molecule has 0 saturated heterocycles. The van der Waals surface area contributed by atoms with E-state index in [9.17, 15) is 10.1 Å². The van der Waals surface area contributed by atoms with Crippen LogP contribution >= 0.6 is 0 Å². The van der Waals surface area contributed by atoms with Crippen molar-refractivity contribution in [3.63, 3.8) is 0 Å². The van der Waals surface area contributed by atoms with Gasteiger partial charge in [0.2, 0.25) is 5.76 Å². The molecule has 6 nitrogen and oxygen atoms in total. The molecule has 0 saturated carbocycles. The van der Waals surface area contributed by atoms with Gasteiger partial charge in [0.05, 0.1) is 23.5 Å². The number of allylic oxidation sites excluding steroid dienone is 2. The molecule has 1 aromatic heterocycles. The number of carbonyl (C=O) groups is 1. The van der Waals surface area contributed by atoms with Crippen LogP contribution in [0.15, 0.2) is 70.9 Å². The third-order valence-electron chi connectivity index (χ3n) is 4.54. The van der Waals surface area contributed by atoms with Crippen LogP contribution in [-0.2, 0) is 0 Å². The number of fused-ring (bicyclic) bond motifs is 1. The van der Waals surface area contributed by atoms with Crippen LogP contribution in [0.1, 0.15) is 24.0 Å². The van der Waals surface area contributed by atoms with Crippen LogP contribution in [0.25, 0.3) is 5.70 Å². The molecule has 0 fully saturated rings. The molecule has 0 spiro atoms. The van der Waals surface area contributed by atoms with Gasteiger partial charge in [-0.15, -0.1) is 0 Å². The summed E-state index contributed by atoms with van der Waals surface area (Å²) in [5, 5.41) is 19.4. The lowest BCUT2D eigenvalue weighted by Gasteiger charge is -2.15. The first-order chi connectivity index (χ1) is 12.8. The van der Waals surface area contributed by atoms with E-state index in [0.29, 0.717) is 5.69 Å². The van der Waals surface area contributed by atoms with Crippen LogP contribution in [0.4, 0.5) is 5.69 Å². The normalized spacial score (nSPS) is 20.9. The molecular weight excluding hydrogens is 328 g/mol. The van der Waals surface area contributed by atoms with Crippen molar-refractivity contribution < 1.29 is 10.7 Å². The number of aromatic nitrogens is 1. The van der Waals surface area contributed by atoms with E-state index < -0.39 is 0 Å². The monoisotopic (exact) mass is 346 g/mol. The Labute approximate surface area is 152 Å². The van der Waals surface area contributed by atoms with Gasteiger partial charge in [0, 0.05) is 25.1 Å². The van der Waals surface area contributed by atoms with Crippen LogP contribution in [0, 0.1) is 17.2 Å². The highest BCUT2D eigenvalue weighted by Gasteiger charge is 2.33. The molecule has 26 heavy (non-hydrogen) atoms. The summed E-state index contributed by atoms with van der Waals surface area (Å²) >= 11 is 0. The molecule has 0 bridgehead atoms. The number of nitriles is 1. The highest BCUT2D eigenvalue weighted by molar-refractivity contribution is 6.02. The zero-order chi connectivity index (χ0) is 17.9. The summed E-state index contributed by atoms with van der Waals surface area (Å²) in [5.41, 5.74) is 3.16. The summed E-state index contributed by atoms with van der Waals surface area (Å²) in [5.74, 6) is -0.123. The van der Waals surface area contributed by atoms with E-state index in [-0.39, 0.29) is 25.1 Å². The summed E-state index contributed by atoms with van der Waals surface area (Å²) in [7, 11) is 0. The zero-order valence-corrected chi connectivity index (χ0v) is 13.8. The maximum Gasteiger partial charge on any atom is 0.294 e. The van der Waals surface area contributed by atoms with Crippen LogP contribution < -0.4 is 10.6 Å². The lowest BCUT2D eigenvalue weighted by atomic mass is 9.93. The van der Waals surface area contributed by atoms with Gasteiger partial charge < -0.3 is 15.2 Å². The van der Waals surface area contributed by atoms with E-state index in [1.54, 1.807) is 12.1 Å². The molecule has 4 rings (SSSR count). The lowest BCUT2D eigenvalue weighted by Crippen LogP contribution is -2.26. The number of hydrogen-bond acceptors (Lipinski definition) is 5. The Hall–Kier alpha value is -3.59. The fourth-order valence-corrected chi connectivity index (χ4v) is 3.26. The van der Waals surface area contributed by atoms with Crippen LogP contribution in [0.3, 0.4) is 0 Å². The van der Waals surface area contributed by atoms with Crippen molar-refractivity contribution in [3.05, 3.63) is 77.7 Å². The molecule has 1 aliphatic carbocycles. The summed E-state index contributed by atoms with van der Waals surface area (Å²) < 4.78 is 4.84. The van der Waals surface area contributed by atoms with Crippen molar-refractivity contribution in [2.45, 2.75) is 12.5 Å². The first-order valence-electron chi connectivity index (χ1n) is 8.33. The minimum Gasteiger partial charge on any atom is -0.380 e. The van der Waals surface area contributed by atoms with Gasteiger partial charge in [-0.1, -0.05) is 41.6 Å². The zero-order valence-electron chi connectivity index (χ0n) is 13.8. The molecule has 0 radical (unpaired) electrons. The quantitative estimate of drug-likeness (QED) is 0.887. The summed E-state index contributed by atoms with van der Waals surface area (Å²) in [6.45, 7) is 0. The van der Waals surface area contributed by atoms with Crippen LogP contribution in [-0.4, -0.2) is 17.1 Å². The molecule has 130 valence electrons. The number of nitrogens with one attached hydrogen (secondary N) is 2. The number of nitrogens with zero attached hydrogens (tertiary/aromatic N) is 2. The number of anilines is 1. The molecule has 6 heteroatoms.